The van der Waals surface area contributed by atoms with Crippen LogP contribution in [-0.4, -0.2) is 31.0 Å². The highest BCUT2D eigenvalue weighted by Crippen LogP contribution is 2.14. The second-order valence-electron chi connectivity index (χ2n) is 4.84. The third kappa shape index (κ3) is 5.08. The number of carbonyl (C=O) groups is 1. The molecule has 100 valence electrons. The molecule has 0 atom stereocenters. The Bertz CT molecular complexity index is 391. The molecule has 0 bridgehead atoms. The largest absolute Gasteiger partial charge is 0.493 e. The Morgan fingerprint density at radius 2 is 2.17 bits per heavy atom. The smallest absolute Gasteiger partial charge is 0.225 e. The van der Waals surface area contributed by atoms with Crippen molar-refractivity contribution in [3.05, 3.63) is 24.3 Å². The summed E-state index contributed by atoms with van der Waals surface area (Å²) >= 11 is 0. The second-order valence-corrected chi connectivity index (χ2v) is 4.84. The summed E-state index contributed by atoms with van der Waals surface area (Å²) in [6, 6.07) is 7.22. The van der Waals surface area contributed by atoms with Gasteiger partial charge in [0.15, 0.2) is 0 Å². The fourth-order valence-electron chi connectivity index (χ4n) is 1.70. The first kappa shape index (κ1) is 14.4. The molecule has 0 unspecified atom stereocenters. The number of benzene rings is 1. The van der Waals surface area contributed by atoms with E-state index < -0.39 is 0 Å². The van der Waals surface area contributed by atoms with Crippen molar-refractivity contribution >= 4 is 11.6 Å². The lowest BCUT2D eigenvalue weighted by atomic mass is 10.2. The summed E-state index contributed by atoms with van der Waals surface area (Å²) in [4.78, 5) is 13.5. The van der Waals surface area contributed by atoms with Gasteiger partial charge in [-0.3, -0.25) is 4.79 Å². The van der Waals surface area contributed by atoms with Crippen LogP contribution in [0.3, 0.4) is 0 Å². The Hall–Kier alpha value is -1.71. The molecule has 4 nitrogen and oxygen atoms in total. The van der Waals surface area contributed by atoms with E-state index in [2.05, 4.69) is 13.8 Å². The van der Waals surface area contributed by atoms with E-state index in [1.165, 1.54) is 0 Å². The normalized spacial score (nSPS) is 10.4. The van der Waals surface area contributed by atoms with Crippen molar-refractivity contribution in [1.29, 1.82) is 0 Å². The number of nitrogens with zero attached hydrogens (tertiary/aromatic N) is 1. The molecule has 0 aliphatic carbocycles. The molecule has 0 heterocycles. The molecule has 1 aromatic rings. The molecule has 0 fully saturated rings. The Labute approximate surface area is 109 Å². The maximum absolute atomic E-state index is 11.8. The lowest BCUT2D eigenvalue weighted by Gasteiger charge is -2.19. The summed E-state index contributed by atoms with van der Waals surface area (Å²) in [5.74, 6) is 1.29. The molecule has 1 aromatic carbocycles. The van der Waals surface area contributed by atoms with Crippen molar-refractivity contribution in [2.75, 3.05) is 25.9 Å². The fraction of sp³-hybridized carbons (Fsp3) is 0.500. The minimum Gasteiger partial charge on any atom is -0.493 e. The first-order valence-corrected chi connectivity index (χ1v) is 6.21. The number of hydrogen-bond donors (Lipinski definition) is 1. The third-order valence-electron chi connectivity index (χ3n) is 2.51. The van der Waals surface area contributed by atoms with E-state index in [1.807, 2.05) is 19.2 Å². The SMILES string of the molecule is CC(C)CN(C)C(=O)CCOc1cccc(N)c1. The van der Waals surface area contributed by atoms with Crippen LogP contribution < -0.4 is 10.5 Å². The molecular weight excluding hydrogens is 228 g/mol. The van der Waals surface area contributed by atoms with Gasteiger partial charge in [-0.2, -0.15) is 0 Å². The van der Waals surface area contributed by atoms with Gasteiger partial charge in [-0.1, -0.05) is 19.9 Å². The fourth-order valence-corrected chi connectivity index (χ4v) is 1.70. The second kappa shape index (κ2) is 6.89. The molecule has 0 aliphatic rings. The van der Waals surface area contributed by atoms with Crippen LogP contribution in [0.4, 0.5) is 5.69 Å². The monoisotopic (exact) mass is 250 g/mol. The molecule has 0 aromatic heterocycles. The van der Waals surface area contributed by atoms with E-state index in [0.29, 0.717) is 30.4 Å². The van der Waals surface area contributed by atoms with E-state index in [9.17, 15) is 4.79 Å². The van der Waals surface area contributed by atoms with E-state index in [4.69, 9.17) is 10.5 Å². The maximum Gasteiger partial charge on any atom is 0.225 e. The summed E-state index contributed by atoms with van der Waals surface area (Å²) in [5, 5.41) is 0. The zero-order chi connectivity index (χ0) is 13.5. The summed E-state index contributed by atoms with van der Waals surface area (Å²) in [5.41, 5.74) is 6.30. The standard InChI is InChI=1S/C14H22N2O2/c1-11(2)10-16(3)14(17)7-8-18-13-6-4-5-12(15)9-13/h4-6,9,11H,7-8,10,15H2,1-3H3. The lowest BCUT2D eigenvalue weighted by Crippen LogP contribution is -2.31. The van der Waals surface area contributed by atoms with Gasteiger partial charge in [-0.15, -0.1) is 0 Å². The van der Waals surface area contributed by atoms with Gasteiger partial charge >= 0.3 is 0 Å². The van der Waals surface area contributed by atoms with Gasteiger partial charge in [0.1, 0.15) is 5.75 Å². The molecule has 1 rings (SSSR count). The van der Waals surface area contributed by atoms with Crippen molar-refractivity contribution in [1.82, 2.24) is 4.90 Å². The van der Waals surface area contributed by atoms with Crippen molar-refractivity contribution in [2.24, 2.45) is 5.92 Å². The highest BCUT2D eigenvalue weighted by molar-refractivity contribution is 5.75. The molecule has 2 N–H and O–H groups in total. The number of hydrogen-bond acceptors (Lipinski definition) is 3. The number of anilines is 1. The number of rotatable bonds is 6. The van der Waals surface area contributed by atoms with Gasteiger partial charge in [0.05, 0.1) is 13.0 Å². The van der Waals surface area contributed by atoms with E-state index >= 15 is 0 Å². The minimum absolute atomic E-state index is 0.104. The molecular formula is C14H22N2O2. The number of ether oxygens (including phenoxy) is 1. The van der Waals surface area contributed by atoms with Crippen molar-refractivity contribution in [2.45, 2.75) is 20.3 Å². The van der Waals surface area contributed by atoms with Crippen LogP contribution in [0, 0.1) is 5.92 Å². The Kier molecular flexibility index (Phi) is 5.49. The summed E-state index contributed by atoms with van der Waals surface area (Å²) in [6.07, 6.45) is 0.387. The van der Waals surface area contributed by atoms with Gasteiger partial charge in [0.2, 0.25) is 5.91 Å². The maximum atomic E-state index is 11.8. The van der Waals surface area contributed by atoms with Gasteiger partial charge < -0.3 is 15.4 Å². The van der Waals surface area contributed by atoms with Gasteiger partial charge in [0.25, 0.3) is 0 Å². The number of nitrogen functional groups attached to an aromatic ring is 1. The topological polar surface area (TPSA) is 55.6 Å². The molecule has 18 heavy (non-hydrogen) atoms. The predicted octanol–water partition coefficient (Wildman–Crippen LogP) is 2.15. The van der Waals surface area contributed by atoms with Crippen molar-refractivity contribution in [3.8, 4) is 5.75 Å². The Morgan fingerprint density at radius 1 is 1.44 bits per heavy atom. The van der Waals surface area contributed by atoms with Crippen LogP contribution in [0.15, 0.2) is 24.3 Å². The molecule has 4 heteroatoms. The number of carbonyl (C=O) groups excluding carboxylic acids is 1. The van der Waals surface area contributed by atoms with Crippen LogP contribution in [0.5, 0.6) is 5.75 Å². The Balaban J connectivity index is 2.31. The van der Waals surface area contributed by atoms with E-state index in [1.54, 1.807) is 17.0 Å². The lowest BCUT2D eigenvalue weighted by molar-refractivity contribution is -0.130. The summed E-state index contributed by atoms with van der Waals surface area (Å²) in [6.45, 7) is 5.34. The van der Waals surface area contributed by atoms with E-state index in [0.717, 1.165) is 6.54 Å². The molecule has 0 aliphatic heterocycles. The third-order valence-corrected chi connectivity index (χ3v) is 2.51. The van der Waals surface area contributed by atoms with E-state index in [-0.39, 0.29) is 5.91 Å². The average Bonchev–Trinajstić information content (AvgIpc) is 2.28. The molecule has 0 saturated heterocycles. The minimum atomic E-state index is 0.104. The molecule has 0 saturated carbocycles. The highest BCUT2D eigenvalue weighted by atomic mass is 16.5. The van der Waals surface area contributed by atoms with Crippen LogP contribution in [-0.2, 0) is 4.79 Å². The summed E-state index contributed by atoms with van der Waals surface area (Å²) in [7, 11) is 1.82. The average molecular weight is 250 g/mol. The first-order valence-electron chi connectivity index (χ1n) is 6.21. The van der Waals surface area contributed by atoms with Crippen LogP contribution in [0.2, 0.25) is 0 Å². The number of amides is 1. The van der Waals surface area contributed by atoms with Crippen LogP contribution in [0.25, 0.3) is 0 Å². The van der Waals surface area contributed by atoms with Crippen LogP contribution >= 0.6 is 0 Å². The highest BCUT2D eigenvalue weighted by Gasteiger charge is 2.10. The zero-order valence-corrected chi connectivity index (χ0v) is 11.3. The van der Waals surface area contributed by atoms with Crippen LogP contribution in [0.1, 0.15) is 20.3 Å². The zero-order valence-electron chi connectivity index (χ0n) is 11.3. The van der Waals surface area contributed by atoms with Crippen molar-refractivity contribution in [3.63, 3.8) is 0 Å². The quantitative estimate of drug-likeness (QED) is 0.787. The number of nitrogens with two attached hydrogens (primary N) is 1. The van der Waals surface area contributed by atoms with Gasteiger partial charge in [0, 0.05) is 25.3 Å². The predicted molar refractivity (Wildman–Crippen MR) is 73.4 cm³/mol. The molecule has 0 spiro atoms. The Morgan fingerprint density at radius 3 is 2.78 bits per heavy atom. The molecule has 0 radical (unpaired) electrons. The van der Waals surface area contributed by atoms with Gasteiger partial charge in [-0.05, 0) is 18.1 Å². The van der Waals surface area contributed by atoms with Crippen molar-refractivity contribution < 1.29 is 9.53 Å². The first-order chi connectivity index (χ1) is 8.49. The molecule has 1 amide bonds. The van der Waals surface area contributed by atoms with Gasteiger partial charge in [-0.25, -0.2) is 0 Å². The summed E-state index contributed by atoms with van der Waals surface area (Å²) < 4.78 is 5.49.